The highest BCUT2D eigenvalue weighted by Gasteiger charge is 2.27. The maximum Gasteiger partial charge on any atom is 0.231 e. The van der Waals surface area contributed by atoms with Gasteiger partial charge in [0, 0.05) is 0 Å². The van der Waals surface area contributed by atoms with Crippen molar-refractivity contribution in [1.29, 1.82) is 0 Å². The molecule has 2 aromatic carbocycles. The van der Waals surface area contributed by atoms with Gasteiger partial charge in [-0.15, -0.1) is 0 Å². The Bertz CT molecular complexity index is 990. The fourth-order valence-corrected chi connectivity index (χ4v) is 3.34. The smallest absolute Gasteiger partial charge is 0.231 e. The molecule has 0 atom stereocenters. The molecule has 0 spiro atoms. The van der Waals surface area contributed by atoms with Gasteiger partial charge in [0.25, 0.3) is 0 Å². The number of methoxy groups -OCH3 is 1. The Morgan fingerprint density at radius 2 is 1.92 bits per heavy atom. The van der Waals surface area contributed by atoms with Crippen LogP contribution in [0.15, 0.2) is 59.0 Å². The highest BCUT2D eigenvalue weighted by Crippen LogP contribution is 2.36. The van der Waals surface area contributed by atoms with Crippen molar-refractivity contribution in [3.05, 3.63) is 75.9 Å². The van der Waals surface area contributed by atoms with E-state index in [0.717, 1.165) is 11.1 Å². The van der Waals surface area contributed by atoms with Crippen molar-refractivity contribution in [2.24, 2.45) is 0 Å². The Balaban J connectivity index is 1.70. The normalized spacial score (nSPS) is 14.5. The van der Waals surface area contributed by atoms with E-state index in [9.17, 15) is 9.18 Å². The zero-order valence-electron chi connectivity index (χ0n) is 13.3. The van der Waals surface area contributed by atoms with Crippen LogP contribution >= 0.6 is 11.3 Å². The molecule has 1 aliphatic rings. The van der Waals surface area contributed by atoms with Crippen LogP contribution in [0.4, 0.5) is 4.39 Å². The van der Waals surface area contributed by atoms with E-state index in [1.54, 1.807) is 47.7 Å². The second-order valence-corrected chi connectivity index (χ2v) is 6.34. The lowest BCUT2D eigenvalue weighted by molar-refractivity contribution is 0.101. The average molecular weight is 352 g/mol. The molecule has 2 heterocycles. The molecule has 0 aliphatic carbocycles. The van der Waals surface area contributed by atoms with Gasteiger partial charge in [0.1, 0.15) is 5.75 Å². The number of ether oxygens (including phenoxy) is 2. The minimum Gasteiger partial charge on any atom is -0.494 e. The molecule has 0 amide bonds. The fraction of sp³-hybridized carbons (Fsp3) is 0.0500. The van der Waals surface area contributed by atoms with Crippen LogP contribution in [-0.4, -0.2) is 12.9 Å². The zero-order valence-corrected chi connectivity index (χ0v) is 14.1. The number of hydrogen-bond acceptors (Lipinski definition) is 4. The lowest BCUT2D eigenvalue weighted by atomic mass is 10.0. The van der Waals surface area contributed by atoms with Crippen molar-refractivity contribution < 1.29 is 18.7 Å². The van der Waals surface area contributed by atoms with Crippen LogP contribution in [0.25, 0.3) is 17.2 Å². The molecule has 3 aromatic rings. The second-order valence-electron chi connectivity index (χ2n) is 5.56. The van der Waals surface area contributed by atoms with E-state index in [-0.39, 0.29) is 11.5 Å². The van der Waals surface area contributed by atoms with Gasteiger partial charge in [-0.1, -0.05) is 12.1 Å². The van der Waals surface area contributed by atoms with E-state index < -0.39 is 5.82 Å². The largest absolute Gasteiger partial charge is 0.494 e. The molecule has 4 rings (SSSR count). The summed E-state index contributed by atoms with van der Waals surface area (Å²) in [5.41, 5.74) is 2.83. The van der Waals surface area contributed by atoms with E-state index in [2.05, 4.69) is 0 Å². The van der Waals surface area contributed by atoms with Crippen LogP contribution in [-0.2, 0) is 0 Å². The first-order chi connectivity index (χ1) is 12.2. The summed E-state index contributed by atoms with van der Waals surface area (Å²) >= 11 is 1.55. The van der Waals surface area contributed by atoms with Crippen molar-refractivity contribution in [2.75, 3.05) is 7.11 Å². The summed E-state index contributed by atoms with van der Waals surface area (Å²) in [5, 5.41) is 3.88. The van der Waals surface area contributed by atoms with Gasteiger partial charge in [-0.3, -0.25) is 4.79 Å². The van der Waals surface area contributed by atoms with E-state index in [1.807, 2.05) is 16.8 Å². The fourth-order valence-electron chi connectivity index (χ4n) is 2.72. The van der Waals surface area contributed by atoms with Gasteiger partial charge in [-0.2, -0.15) is 11.3 Å². The molecule has 0 saturated carbocycles. The Morgan fingerprint density at radius 1 is 1.12 bits per heavy atom. The number of halogens is 1. The maximum atomic E-state index is 13.9. The summed E-state index contributed by atoms with van der Waals surface area (Å²) in [6, 6.07) is 11.9. The number of carbonyl (C=O) groups is 1. The van der Waals surface area contributed by atoms with Crippen LogP contribution in [0.5, 0.6) is 11.5 Å². The first-order valence-corrected chi connectivity index (χ1v) is 8.54. The van der Waals surface area contributed by atoms with Gasteiger partial charge >= 0.3 is 0 Å². The third kappa shape index (κ3) is 2.83. The van der Waals surface area contributed by atoms with Crippen molar-refractivity contribution >= 4 is 23.2 Å². The minimum atomic E-state index is -0.443. The lowest BCUT2D eigenvalue weighted by Gasteiger charge is -2.06. The van der Waals surface area contributed by atoms with Gasteiger partial charge in [-0.05, 0) is 63.9 Å². The van der Waals surface area contributed by atoms with Gasteiger partial charge < -0.3 is 9.47 Å². The number of hydrogen-bond donors (Lipinski definition) is 0. The van der Waals surface area contributed by atoms with Crippen LogP contribution in [0, 0.1) is 5.82 Å². The Labute approximate surface area is 148 Å². The molecule has 3 nitrogen and oxygen atoms in total. The van der Waals surface area contributed by atoms with Gasteiger partial charge in [0.05, 0.1) is 12.7 Å². The Kier molecular flexibility index (Phi) is 3.86. The Hall–Kier alpha value is -2.92. The van der Waals surface area contributed by atoms with Crippen molar-refractivity contribution in [2.45, 2.75) is 0 Å². The van der Waals surface area contributed by atoms with Gasteiger partial charge in [-0.25, -0.2) is 4.39 Å². The van der Waals surface area contributed by atoms with E-state index >= 15 is 0 Å². The average Bonchev–Trinajstić information content (AvgIpc) is 3.24. The maximum absolute atomic E-state index is 13.9. The number of fused-ring (bicyclic) bond motifs is 1. The van der Waals surface area contributed by atoms with Crippen LogP contribution in [0.3, 0.4) is 0 Å². The second kappa shape index (κ2) is 6.18. The number of ketones is 1. The topological polar surface area (TPSA) is 35.5 Å². The van der Waals surface area contributed by atoms with Gasteiger partial charge in [0.15, 0.2) is 17.3 Å². The molecular formula is C20H13FO3S. The van der Waals surface area contributed by atoms with Crippen LogP contribution < -0.4 is 9.47 Å². The number of allylic oxidation sites excluding steroid dienone is 1. The summed E-state index contributed by atoms with van der Waals surface area (Å²) in [6.07, 6.45) is 1.73. The van der Waals surface area contributed by atoms with E-state index in [4.69, 9.17) is 9.47 Å². The molecular weight excluding hydrogens is 339 g/mol. The molecule has 0 saturated heterocycles. The standard InChI is InChI=1S/C20H13FO3S/c1-23-18-5-3-14(10-16(18)21)13-2-4-17-15(9-13)20(22)19(24-17)8-12-6-7-25-11-12/h2-11H,1H3/b19-8-. The van der Waals surface area contributed by atoms with Crippen LogP contribution in [0.2, 0.25) is 0 Å². The van der Waals surface area contributed by atoms with E-state index in [1.165, 1.54) is 13.2 Å². The summed E-state index contributed by atoms with van der Waals surface area (Å²) in [5.74, 6) is 0.388. The summed E-state index contributed by atoms with van der Waals surface area (Å²) in [6.45, 7) is 0. The molecule has 0 fully saturated rings. The van der Waals surface area contributed by atoms with Crippen molar-refractivity contribution in [3.8, 4) is 22.6 Å². The first kappa shape index (κ1) is 15.6. The quantitative estimate of drug-likeness (QED) is 0.609. The number of thiophene rings is 1. The number of rotatable bonds is 3. The first-order valence-electron chi connectivity index (χ1n) is 7.60. The van der Waals surface area contributed by atoms with Crippen molar-refractivity contribution in [1.82, 2.24) is 0 Å². The molecule has 25 heavy (non-hydrogen) atoms. The summed E-state index contributed by atoms with van der Waals surface area (Å²) in [4.78, 5) is 12.6. The Morgan fingerprint density at radius 3 is 2.64 bits per heavy atom. The lowest BCUT2D eigenvalue weighted by Crippen LogP contribution is -1.97. The van der Waals surface area contributed by atoms with Gasteiger partial charge in [0.2, 0.25) is 5.78 Å². The summed E-state index contributed by atoms with van der Waals surface area (Å²) < 4.78 is 24.5. The third-order valence-electron chi connectivity index (χ3n) is 3.99. The zero-order chi connectivity index (χ0) is 17.4. The highest BCUT2D eigenvalue weighted by molar-refractivity contribution is 7.08. The minimum absolute atomic E-state index is 0.169. The predicted octanol–water partition coefficient (Wildman–Crippen LogP) is 5.18. The molecule has 1 aliphatic heterocycles. The molecule has 0 N–H and O–H groups in total. The summed E-state index contributed by atoms with van der Waals surface area (Å²) in [7, 11) is 1.42. The SMILES string of the molecule is COc1ccc(-c2ccc3c(c2)C(=O)/C(=C/c2ccsc2)O3)cc1F. The molecule has 5 heteroatoms. The molecule has 0 unspecified atom stereocenters. The van der Waals surface area contributed by atoms with Crippen molar-refractivity contribution in [3.63, 3.8) is 0 Å². The van der Waals surface area contributed by atoms with E-state index in [0.29, 0.717) is 22.6 Å². The molecule has 0 bridgehead atoms. The van der Waals surface area contributed by atoms with Crippen LogP contribution in [0.1, 0.15) is 15.9 Å². The third-order valence-corrected chi connectivity index (χ3v) is 4.70. The monoisotopic (exact) mass is 352 g/mol. The molecule has 124 valence electrons. The number of benzene rings is 2. The number of Topliss-reactive ketones (excluding diaryl/α,β-unsaturated/α-hetero) is 1. The predicted molar refractivity (Wildman–Crippen MR) is 95.6 cm³/mol. The molecule has 1 aromatic heterocycles. The molecule has 0 radical (unpaired) electrons. The number of carbonyl (C=O) groups excluding carboxylic acids is 1. The highest BCUT2D eigenvalue weighted by atomic mass is 32.1.